The van der Waals surface area contributed by atoms with Crippen LogP contribution in [0.5, 0.6) is 5.75 Å². The molecule has 214 valence electrons. The van der Waals surface area contributed by atoms with Gasteiger partial charge in [-0.3, -0.25) is 9.59 Å². The molecule has 2 heterocycles. The number of benzene rings is 2. The summed E-state index contributed by atoms with van der Waals surface area (Å²) in [5, 5.41) is 23.7. The quantitative estimate of drug-likeness (QED) is 0.197. The van der Waals surface area contributed by atoms with Gasteiger partial charge in [-0.2, -0.15) is 5.10 Å². The summed E-state index contributed by atoms with van der Waals surface area (Å²) in [4.78, 5) is 24.8. The molecule has 10 nitrogen and oxygen atoms in total. The Bertz CT molecular complexity index is 1410. The van der Waals surface area contributed by atoms with Crippen LogP contribution >= 0.6 is 11.3 Å². The molecule has 0 saturated carbocycles. The van der Waals surface area contributed by atoms with E-state index in [1.54, 1.807) is 13.2 Å². The van der Waals surface area contributed by atoms with Crippen molar-refractivity contribution in [1.82, 2.24) is 20.4 Å². The Balaban J connectivity index is 1.16. The van der Waals surface area contributed by atoms with E-state index < -0.39 is 0 Å². The van der Waals surface area contributed by atoms with E-state index in [1.165, 1.54) is 11.3 Å². The monoisotopic (exact) mass is 574 g/mol. The molecule has 0 saturated heterocycles. The van der Waals surface area contributed by atoms with Crippen LogP contribution in [-0.2, 0) is 40.0 Å². The Morgan fingerprint density at radius 3 is 2.41 bits per heavy atom. The van der Waals surface area contributed by atoms with Crippen molar-refractivity contribution in [1.29, 1.82) is 0 Å². The molecule has 4 rings (SSSR count). The first-order valence-corrected chi connectivity index (χ1v) is 14.3. The standard InChI is InChI=1S/C30H34N6O4S/c1-21-12-14-25(40-17-16-39-2)19-23(21)20-28(38)32-30-36-35-29(41-30)11-7-6-10-24-13-15-26(34-33-24)31-27(37)18-22-8-4-3-5-9-22/h3-5,8-9,12-15,19H,6-7,10-11,16-18,20H2,1-2H3,(H,31,34,37)(H,32,36,38). The van der Waals surface area contributed by atoms with Crippen molar-refractivity contribution in [3.63, 3.8) is 0 Å². The van der Waals surface area contributed by atoms with Crippen molar-refractivity contribution in [2.45, 2.75) is 45.4 Å². The number of ether oxygens (including phenoxy) is 2. The first kappa shape index (κ1) is 29.8. The Morgan fingerprint density at radius 2 is 1.63 bits per heavy atom. The zero-order valence-electron chi connectivity index (χ0n) is 23.3. The summed E-state index contributed by atoms with van der Waals surface area (Å²) < 4.78 is 10.7. The lowest BCUT2D eigenvalue weighted by Gasteiger charge is -2.10. The van der Waals surface area contributed by atoms with Crippen LogP contribution in [0.1, 0.15) is 40.2 Å². The summed E-state index contributed by atoms with van der Waals surface area (Å²) in [6.45, 7) is 2.92. The Morgan fingerprint density at radius 1 is 0.829 bits per heavy atom. The summed E-state index contributed by atoms with van der Waals surface area (Å²) in [6.07, 6.45) is 3.83. The SMILES string of the molecule is COCCOc1ccc(C)c(CC(=O)Nc2nnc(CCCCc3ccc(NC(=O)Cc4ccccc4)nn3)s2)c1. The van der Waals surface area contributed by atoms with E-state index in [0.717, 1.165) is 53.1 Å². The Kier molecular flexibility index (Phi) is 11.3. The molecule has 2 aromatic heterocycles. The third-order valence-electron chi connectivity index (χ3n) is 6.21. The molecule has 0 aliphatic carbocycles. The van der Waals surface area contributed by atoms with Crippen LogP contribution in [0.3, 0.4) is 0 Å². The Labute approximate surface area is 243 Å². The van der Waals surface area contributed by atoms with Crippen LogP contribution in [0.15, 0.2) is 60.7 Å². The average Bonchev–Trinajstić information content (AvgIpc) is 3.41. The zero-order valence-corrected chi connectivity index (χ0v) is 24.1. The van der Waals surface area contributed by atoms with Gasteiger partial charge in [0.25, 0.3) is 0 Å². The molecule has 0 bridgehead atoms. The molecular weight excluding hydrogens is 540 g/mol. The minimum absolute atomic E-state index is 0.126. The van der Waals surface area contributed by atoms with Crippen LogP contribution in [0, 0.1) is 6.92 Å². The lowest BCUT2D eigenvalue weighted by atomic mass is 10.1. The molecular formula is C30H34N6O4S. The van der Waals surface area contributed by atoms with Gasteiger partial charge in [0.1, 0.15) is 17.4 Å². The first-order chi connectivity index (χ1) is 20.0. The molecule has 0 atom stereocenters. The predicted octanol–water partition coefficient (Wildman–Crippen LogP) is 4.59. The summed E-state index contributed by atoms with van der Waals surface area (Å²) >= 11 is 1.39. The van der Waals surface area contributed by atoms with Crippen LogP contribution in [-0.4, -0.2) is 52.5 Å². The normalized spacial score (nSPS) is 10.8. The number of nitrogens with zero attached hydrogens (tertiary/aromatic N) is 4. The number of methoxy groups -OCH3 is 1. The van der Waals surface area contributed by atoms with Gasteiger partial charge < -0.3 is 20.1 Å². The minimum Gasteiger partial charge on any atom is -0.491 e. The topological polar surface area (TPSA) is 128 Å². The smallest absolute Gasteiger partial charge is 0.230 e. The highest BCUT2D eigenvalue weighted by Crippen LogP contribution is 2.21. The maximum absolute atomic E-state index is 12.6. The highest BCUT2D eigenvalue weighted by molar-refractivity contribution is 7.15. The number of rotatable bonds is 15. The largest absolute Gasteiger partial charge is 0.491 e. The van der Waals surface area contributed by atoms with E-state index >= 15 is 0 Å². The maximum atomic E-state index is 12.6. The molecule has 0 spiro atoms. The number of amides is 2. The van der Waals surface area contributed by atoms with Gasteiger partial charge in [0.05, 0.1) is 25.1 Å². The van der Waals surface area contributed by atoms with Crippen LogP contribution in [0.25, 0.3) is 0 Å². The summed E-state index contributed by atoms with van der Waals surface area (Å²) in [5.74, 6) is 0.874. The van der Waals surface area contributed by atoms with Gasteiger partial charge in [0.2, 0.25) is 16.9 Å². The number of hydrogen-bond acceptors (Lipinski definition) is 9. The zero-order chi connectivity index (χ0) is 28.9. The first-order valence-electron chi connectivity index (χ1n) is 13.5. The van der Waals surface area contributed by atoms with Gasteiger partial charge in [-0.15, -0.1) is 15.3 Å². The van der Waals surface area contributed by atoms with Gasteiger partial charge in [0.15, 0.2) is 5.82 Å². The van der Waals surface area contributed by atoms with E-state index in [1.807, 2.05) is 61.5 Å². The molecule has 0 aliphatic heterocycles. The Hall–Kier alpha value is -4.22. The lowest BCUT2D eigenvalue weighted by Crippen LogP contribution is -2.15. The van der Waals surface area contributed by atoms with E-state index in [4.69, 9.17) is 9.47 Å². The highest BCUT2D eigenvalue weighted by Gasteiger charge is 2.12. The molecule has 0 fully saturated rings. The lowest BCUT2D eigenvalue weighted by molar-refractivity contribution is -0.116. The number of carbonyl (C=O) groups excluding carboxylic acids is 2. The average molecular weight is 575 g/mol. The predicted molar refractivity (Wildman–Crippen MR) is 158 cm³/mol. The van der Waals surface area contributed by atoms with Crippen molar-refractivity contribution in [2.75, 3.05) is 31.0 Å². The second kappa shape index (κ2) is 15.5. The molecule has 4 aromatic rings. The number of aryl methyl sites for hydroxylation is 3. The third kappa shape index (κ3) is 10.0. The van der Waals surface area contributed by atoms with Gasteiger partial charge >= 0.3 is 0 Å². The molecule has 0 aliphatic rings. The number of carbonyl (C=O) groups is 2. The molecule has 11 heteroatoms. The molecule has 2 aromatic carbocycles. The number of nitrogens with one attached hydrogen (secondary N) is 2. The van der Waals surface area contributed by atoms with Crippen LogP contribution in [0.4, 0.5) is 10.9 Å². The third-order valence-corrected chi connectivity index (χ3v) is 7.11. The number of aromatic nitrogens is 4. The van der Waals surface area contributed by atoms with E-state index in [-0.39, 0.29) is 18.2 Å². The summed E-state index contributed by atoms with van der Waals surface area (Å²) in [5.41, 5.74) is 3.72. The van der Waals surface area contributed by atoms with Crippen molar-refractivity contribution < 1.29 is 19.1 Å². The number of unbranched alkanes of at least 4 members (excludes halogenated alkanes) is 1. The van der Waals surface area contributed by atoms with Crippen molar-refractivity contribution in [3.8, 4) is 5.75 Å². The molecule has 0 radical (unpaired) electrons. The van der Waals surface area contributed by atoms with Crippen molar-refractivity contribution in [2.24, 2.45) is 0 Å². The molecule has 0 unspecified atom stereocenters. The van der Waals surface area contributed by atoms with Gasteiger partial charge in [-0.05, 0) is 67.1 Å². The van der Waals surface area contributed by atoms with Crippen molar-refractivity contribution in [3.05, 3.63) is 88.1 Å². The molecule has 2 amide bonds. The van der Waals surface area contributed by atoms with Gasteiger partial charge in [-0.1, -0.05) is 47.7 Å². The highest BCUT2D eigenvalue weighted by atomic mass is 32.1. The van der Waals surface area contributed by atoms with E-state index in [2.05, 4.69) is 31.0 Å². The second-order valence-corrected chi connectivity index (χ2v) is 10.5. The number of hydrogen-bond donors (Lipinski definition) is 2. The van der Waals surface area contributed by atoms with E-state index in [0.29, 0.717) is 36.3 Å². The van der Waals surface area contributed by atoms with Gasteiger partial charge in [0, 0.05) is 13.5 Å². The molecule has 41 heavy (non-hydrogen) atoms. The fourth-order valence-corrected chi connectivity index (χ4v) is 4.82. The summed E-state index contributed by atoms with van der Waals surface area (Å²) in [6, 6.07) is 18.9. The fraction of sp³-hybridized carbons (Fsp3) is 0.333. The number of anilines is 2. The molecule has 2 N–H and O–H groups in total. The van der Waals surface area contributed by atoms with E-state index in [9.17, 15) is 9.59 Å². The summed E-state index contributed by atoms with van der Waals surface area (Å²) in [7, 11) is 1.63. The van der Waals surface area contributed by atoms with Crippen molar-refractivity contribution >= 4 is 34.1 Å². The maximum Gasteiger partial charge on any atom is 0.230 e. The fourth-order valence-electron chi connectivity index (χ4n) is 4.02. The minimum atomic E-state index is -0.150. The van der Waals surface area contributed by atoms with Crippen LogP contribution in [0.2, 0.25) is 0 Å². The van der Waals surface area contributed by atoms with Gasteiger partial charge in [-0.25, -0.2) is 0 Å². The second-order valence-electron chi connectivity index (χ2n) is 9.48. The van der Waals surface area contributed by atoms with Crippen LogP contribution < -0.4 is 15.4 Å².